The predicted molar refractivity (Wildman–Crippen MR) is 145 cm³/mol. The Morgan fingerprint density at radius 3 is 2.15 bits per heavy atom. The van der Waals surface area contributed by atoms with Crippen LogP contribution in [0.2, 0.25) is 0 Å². The standard InChI is InChI=1S/C31H27N3/c1-4-30(33-26-17-9-5-13-22(26)23-14-6-10-18-27(23)33)32-31(21(2)3)34-28-19-11-7-15-24(28)25-16-8-12-20-29(25)34/h4-20,24,28H,2H2,1,3H3/b30-4+,32-31?. The van der Waals surface area contributed by atoms with E-state index in [0.29, 0.717) is 5.92 Å². The van der Waals surface area contributed by atoms with Gasteiger partial charge in [-0.25, -0.2) is 4.99 Å². The Kier molecular flexibility index (Phi) is 4.84. The lowest BCUT2D eigenvalue weighted by atomic mass is 9.91. The maximum Gasteiger partial charge on any atom is 0.138 e. The topological polar surface area (TPSA) is 20.5 Å². The zero-order chi connectivity index (χ0) is 23.2. The first kappa shape index (κ1) is 20.5. The highest BCUT2D eigenvalue weighted by Crippen LogP contribution is 2.44. The van der Waals surface area contributed by atoms with Gasteiger partial charge in [0.25, 0.3) is 0 Å². The van der Waals surface area contributed by atoms with Gasteiger partial charge in [-0.15, -0.1) is 0 Å². The number of aliphatic imine (C=N–C) groups is 1. The molecule has 3 aromatic carbocycles. The molecule has 4 aromatic rings. The molecule has 2 unspecified atom stereocenters. The van der Waals surface area contributed by atoms with Gasteiger partial charge in [0.2, 0.25) is 0 Å². The summed E-state index contributed by atoms with van der Waals surface area (Å²) in [7, 11) is 0. The van der Waals surface area contributed by atoms with Crippen molar-refractivity contribution >= 4 is 39.1 Å². The molecule has 0 saturated heterocycles. The molecule has 2 heterocycles. The number of amidine groups is 1. The summed E-state index contributed by atoms with van der Waals surface area (Å²) < 4.78 is 2.27. The largest absolute Gasteiger partial charge is 0.318 e. The maximum absolute atomic E-state index is 5.32. The molecule has 0 fully saturated rings. The number of para-hydroxylation sites is 3. The number of nitrogens with zero attached hydrogens (tertiary/aromatic N) is 3. The summed E-state index contributed by atoms with van der Waals surface area (Å²) in [5, 5.41) is 2.47. The molecule has 6 rings (SSSR count). The number of aromatic nitrogens is 1. The van der Waals surface area contributed by atoms with Crippen LogP contribution in [0.15, 0.2) is 120 Å². The van der Waals surface area contributed by atoms with Gasteiger partial charge >= 0.3 is 0 Å². The molecule has 166 valence electrons. The van der Waals surface area contributed by atoms with Crippen LogP contribution in [-0.4, -0.2) is 16.4 Å². The van der Waals surface area contributed by atoms with E-state index in [9.17, 15) is 0 Å². The highest BCUT2D eigenvalue weighted by atomic mass is 15.3. The second-order valence-corrected chi connectivity index (χ2v) is 8.95. The van der Waals surface area contributed by atoms with Crippen molar-refractivity contribution in [3.63, 3.8) is 0 Å². The van der Waals surface area contributed by atoms with Crippen LogP contribution >= 0.6 is 0 Å². The smallest absolute Gasteiger partial charge is 0.138 e. The lowest BCUT2D eigenvalue weighted by Gasteiger charge is -2.30. The van der Waals surface area contributed by atoms with E-state index in [2.05, 4.69) is 133 Å². The molecule has 2 aliphatic rings. The summed E-state index contributed by atoms with van der Waals surface area (Å²) >= 11 is 0. The van der Waals surface area contributed by atoms with Crippen molar-refractivity contribution in [1.29, 1.82) is 0 Å². The monoisotopic (exact) mass is 441 g/mol. The summed E-state index contributed by atoms with van der Waals surface area (Å²) in [6.07, 6.45) is 11.0. The fraction of sp³-hybridized carbons (Fsp3) is 0.129. The van der Waals surface area contributed by atoms with Crippen LogP contribution in [-0.2, 0) is 0 Å². The van der Waals surface area contributed by atoms with Crippen molar-refractivity contribution in [3.8, 4) is 0 Å². The van der Waals surface area contributed by atoms with E-state index < -0.39 is 0 Å². The number of benzene rings is 3. The van der Waals surface area contributed by atoms with Gasteiger partial charge in [0.1, 0.15) is 11.7 Å². The molecule has 0 spiro atoms. The Bertz CT molecular complexity index is 1510. The lowest BCUT2D eigenvalue weighted by Crippen LogP contribution is -2.39. The second kappa shape index (κ2) is 8.03. The van der Waals surface area contributed by atoms with Crippen LogP contribution in [0.3, 0.4) is 0 Å². The Hall–Kier alpha value is -4.11. The minimum Gasteiger partial charge on any atom is -0.318 e. The minimum atomic E-state index is 0.189. The van der Waals surface area contributed by atoms with E-state index in [1.54, 1.807) is 0 Å². The average Bonchev–Trinajstić information content (AvgIpc) is 3.38. The Morgan fingerprint density at radius 2 is 1.47 bits per heavy atom. The number of anilines is 1. The predicted octanol–water partition coefficient (Wildman–Crippen LogP) is 7.69. The molecule has 0 bridgehead atoms. The van der Waals surface area contributed by atoms with Crippen LogP contribution < -0.4 is 4.90 Å². The van der Waals surface area contributed by atoms with Crippen molar-refractivity contribution < 1.29 is 0 Å². The maximum atomic E-state index is 5.32. The third-order valence-electron chi connectivity index (χ3n) is 6.86. The van der Waals surface area contributed by atoms with Crippen LogP contribution in [0.1, 0.15) is 25.3 Å². The molecule has 0 radical (unpaired) electrons. The van der Waals surface area contributed by atoms with E-state index in [0.717, 1.165) is 28.3 Å². The summed E-state index contributed by atoms with van der Waals surface area (Å²) in [6, 6.07) is 25.9. The molecule has 0 N–H and O–H groups in total. The highest BCUT2D eigenvalue weighted by molar-refractivity contribution is 6.14. The molecule has 34 heavy (non-hydrogen) atoms. The fourth-order valence-corrected chi connectivity index (χ4v) is 5.41. The van der Waals surface area contributed by atoms with Crippen molar-refractivity contribution in [2.24, 2.45) is 4.99 Å². The van der Waals surface area contributed by atoms with Crippen molar-refractivity contribution in [1.82, 2.24) is 4.57 Å². The SMILES string of the molecule is C=C(C)C(=N/C(=C\C)n1c2ccccc2c2ccccc21)N1c2ccccc2C2C=CC=CC21. The molecule has 2 atom stereocenters. The normalized spacial score (nSPS) is 19.6. The van der Waals surface area contributed by atoms with E-state index in [-0.39, 0.29) is 6.04 Å². The molecule has 1 aliphatic heterocycles. The molecule has 3 heteroatoms. The molecule has 1 aromatic heterocycles. The van der Waals surface area contributed by atoms with Gasteiger partial charge in [0.05, 0.1) is 17.1 Å². The molecular formula is C31H27N3. The van der Waals surface area contributed by atoms with Crippen molar-refractivity contribution in [3.05, 3.63) is 121 Å². The van der Waals surface area contributed by atoms with Crippen LogP contribution in [0.5, 0.6) is 0 Å². The number of allylic oxidation sites excluding steroid dienone is 3. The van der Waals surface area contributed by atoms with Gasteiger partial charge in [0.15, 0.2) is 0 Å². The van der Waals surface area contributed by atoms with Gasteiger partial charge in [-0.05, 0) is 49.3 Å². The zero-order valence-electron chi connectivity index (χ0n) is 19.5. The molecule has 3 nitrogen and oxygen atoms in total. The highest BCUT2D eigenvalue weighted by Gasteiger charge is 2.38. The van der Waals surface area contributed by atoms with Gasteiger partial charge in [-0.1, -0.05) is 85.5 Å². The molecule has 1 aliphatic carbocycles. The van der Waals surface area contributed by atoms with E-state index in [1.165, 1.54) is 22.0 Å². The molecule has 0 saturated carbocycles. The first-order valence-electron chi connectivity index (χ1n) is 11.8. The number of fused-ring (bicyclic) bond motifs is 6. The van der Waals surface area contributed by atoms with Gasteiger partial charge in [-0.2, -0.15) is 0 Å². The Labute approximate surface area is 200 Å². The first-order valence-corrected chi connectivity index (χ1v) is 11.8. The lowest BCUT2D eigenvalue weighted by molar-refractivity contribution is 0.754. The van der Waals surface area contributed by atoms with Crippen molar-refractivity contribution in [2.45, 2.75) is 25.8 Å². The quantitative estimate of drug-likeness (QED) is 0.236. The number of hydrogen-bond donors (Lipinski definition) is 0. The van der Waals surface area contributed by atoms with Crippen LogP contribution in [0, 0.1) is 0 Å². The van der Waals surface area contributed by atoms with Crippen LogP contribution in [0.25, 0.3) is 27.6 Å². The summed E-state index contributed by atoms with van der Waals surface area (Å²) in [5.74, 6) is 2.11. The Morgan fingerprint density at radius 1 is 0.853 bits per heavy atom. The fourth-order valence-electron chi connectivity index (χ4n) is 5.41. The van der Waals surface area contributed by atoms with Gasteiger partial charge in [0, 0.05) is 22.4 Å². The molecular weight excluding hydrogens is 414 g/mol. The summed E-state index contributed by atoms with van der Waals surface area (Å²) in [6.45, 7) is 8.46. The second-order valence-electron chi connectivity index (χ2n) is 8.95. The average molecular weight is 442 g/mol. The zero-order valence-corrected chi connectivity index (χ0v) is 19.5. The minimum absolute atomic E-state index is 0.189. The number of rotatable bonds is 3. The molecule has 0 amide bonds. The third kappa shape index (κ3) is 3.01. The first-order chi connectivity index (χ1) is 16.7. The van der Waals surface area contributed by atoms with Crippen LogP contribution in [0.4, 0.5) is 5.69 Å². The van der Waals surface area contributed by atoms with E-state index in [1.807, 2.05) is 0 Å². The van der Waals surface area contributed by atoms with Crippen molar-refractivity contribution in [2.75, 3.05) is 4.90 Å². The van der Waals surface area contributed by atoms with E-state index in [4.69, 9.17) is 4.99 Å². The van der Waals surface area contributed by atoms with Gasteiger partial charge in [-0.3, -0.25) is 4.57 Å². The van der Waals surface area contributed by atoms with E-state index >= 15 is 0 Å². The summed E-state index contributed by atoms with van der Waals surface area (Å²) in [5.41, 5.74) is 5.79. The van der Waals surface area contributed by atoms with Gasteiger partial charge < -0.3 is 4.90 Å². The third-order valence-corrected chi connectivity index (χ3v) is 6.86. The number of hydrogen-bond acceptors (Lipinski definition) is 1. The Balaban J connectivity index is 1.57. The summed E-state index contributed by atoms with van der Waals surface area (Å²) in [4.78, 5) is 7.68.